The van der Waals surface area contributed by atoms with Gasteiger partial charge in [-0.1, -0.05) is 6.07 Å². The fraction of sp³-hybridized carbons (Fsp3) is 0.368. The van der Waals surface area contributed by atoms with Crippen molar-refractivity contribution in [1.82, 2.24) is 0 Å². The molecule has 1 aliphatic heterocycles. The molecule has 2 aromatic rings. The van der Waals surface area contributed by atoms with Gasteiger partial charge in [-0.15, -0.1) is 0 Å². The van der Waals surface area contributed by atoms with E-state index in [4.69, 9.17) is 18.9 Å². The monoisotopic (exact) mass is 312 g/mol. The average molecular weight is 312 g/mol. The summed E-state index contributed by atoms with van der Waals surface area (Å²) in [4.78, 5) is 0. The molecule has 2 aromatic carbocycles. The second-order valence-electron chi connectivity index (χ2n) is 5.90. The number of benzene rings is 2. The van der Waals surface area contributed by atoms with Crippen molar-refractivity contribution in [1.29, 1.82) is 0 Å². The second kappa shape index (κ2) is 5.46. The van der Waals surface area contributed by atoms with Crippen molar-refractivity contribution in [3.8, 4) is 28.4 Å². The minimum Gasteiger partial charge on any atom is -0.497 e. The van der Waals surface area contributed by atoms with Gasteiger partial charge in [0.05, 0.1) is 34.0 Å². The standard InChI is InChI=1S/C19H20O4/c1-20-13-4-5-14-12(8-13)10-15-17-11(6-7-23-15)9-16(21-2)19(22-3)18(14)17/h4-5,8-9,15H,6-7,10H2,1-3H3. The van der Waals surface area contributed by atoms with E-state index < -0.39 is 0 Å². The molecule has 1 aliphatic carbocycles. The molecular weight excluding hydrogens is 292 g/mol. The van der Waals surface area contributed by atoms with Gasteiger partial charge in [0, 0.05) is 12.0 Å². The predicted molar refractivity (Wildman–Crippen MR) is 87.6 cm³/mol. The molecule has 0 bridgehead atoms. The van der Waals surface area contributed by atoms with Crippen LogP contribution in [0, 0.1) is 0 Å². The van der Waals surface area contributed by atoms with E-state index in [2.05, 4.69) is 18.2 Å². The van der Waals surface area contributed by atoms with Crippen LogP contribution in [0.2, 0.25) is 0 Å². The van der Waals surface area contributed by atoms with Crippen LogP contribution in [0.5, 0.6) is 17.2 Å². The highest BCUT2D eigenvalue weighted by atomic mass is 16.5. The number of rotatable bonds is 3. The van der Waals surface area contributed by atoms with Gasteiger partial charge in [-0.05, 0) is 46.9 Å². The molecule has 23 heavy (non-hydrogen) atoms. The quantitative estimate of drug-likeness (QED) is 0.868. The van der Waals surface area contributed by atoms with Crippen molar-refractivity contribution in [2.45, 2.75) is 18.9 Å². The van der Waals surface area contributed by atoms with Crippen LogP contribution in [-0.4, -0.2) is 27.9 Å². The third-order valence-corrected chi connectivity index (χ3v) is 4.79. The first-order valence-corrected chi connectivity index (χ1v) is 7.83. The van der Waals surface area contributed by atoms with Crippen LogP contribution in [-0.2, 0) is 17.6 Å². The summed E-state index contributed by atoms with van der Waals surface area (Å²) in [5.41, 5.74) is 6.07. The largest absolute Gasteiger partial charge is 0.497 e. The van der Waals surface area contributed by atoms with Crippen molar-refractivity contribution in [3.05, 3.63) is 41.0 Å². The van der Waals surface area contributed by atoms with E-state index >= 15 is 0 Å². The van der Waals surface area contributed by atoms with Gasteiger partial charge in [0.1, 0.15) is 5.75 Å². The molecule has 0 aromatic heterocycles. The molecule has 0 radical (unpaired) electrons. The summed E-state index contributed by atoms with van der Waals surface area (Å²) in [6.07, 6.45) is 1.85. The minimum absolute atomic E-state index is 0.0770. The van der Waals surface area contributed by atoms with E-state index in [1.807, 2.05) is 6.07 Å². The maximum atomic E-state index is 6.05. The molecule has 4 nitrogen and oxygen atoms in total. The van der Waals surface area contributed by atoms with Crippen molar-refractivity contribution in [3.63, 3.8) is 0 Å². The summed E-state index contributed by atoms with van der Waals surface area (Å²) in [6.45, 7) is 0.742. The fourth-order valence-electron chi connectivity index (χ4n) is 3.77. The number of fused-ring (bicyclic) bond motifs is 2. The molecule has 2 aliphatic rings. The summed E-state index contributed by atoms with van der Waals surface area (Å²) in [7, 11) is 5.07. The van der Waals surface area contributed by atoms with Crippen LogP contribution in [0.3, 0.4) is 0 Å². The van der Waals surface area contributed by atoms with Gasteiger partial charge in [-0.25, -0.2) is 0 Å². The fourth-order valence-corrected chi connectivity index (χ4v) is 3.77. The molecule has 0 N–H and O–H groups in total. The third kappa shape index (κ3) is 2.09. The van der Waals surface area contributed by atoms with E-state index in [-0.39, 0.29) is 6.10 Å². The van der Waals surface area contributed by atoms with Gasteiger partial charge >= 0.3 is 0 Å². The van der Waals surface area contributed by atoms with Crippen LogP contribution >= 0.6 is 0 Å². The molecule has 0 spiro atoms. The van der Waals surface area contributed by atoms with Crippen molar-refractivity contribution in [2.24, 2.45) is 0 Å². The van der Waals surface area contributed by atoms with Crippen LogP contribution in [0.25, 0.3) is 11.1 Å². The van der Waals surface area contributed by atoms with Gasteiger partial charge < -0.3 is 18.9 Å². The molecule has 0 saturated carbocycles. The van der Waals surface area contributed by atoms with E-state index in [0.717, 1.165) is 42.3 Å². The molecule has 1 heterocycles. The molecule has 4 rings (SSSR count). The summed E-state index contributed by atoms with van der Waals surface area (Å²) < 4.78 is 22.7. The highest BCUT2D eigenvalue weighted by Crippen LogP contribution is 2.52. The van der Waals surface area contributed by atoms with E-state index in [0.29, 0.717) is 0 Å². The van der Waals surface area contributed by atoms with E-state index in [1.54, 1.807) is 21.3 Å². The zero-order valence-electron chi connectivity index (χ0n) is 13.6. The smallest absolute Gasteiger partial charge is 0.168 e. The summed E-state index contributed by atoms with van der Waals surface area (Å²) in [5, 5.41) is 0. The molecule has 0 saturated heterocycles. The molecule has 0 amide bonds. The first kappa shape index (κ1) is 14.4. The molecular formula is C19H20O4. The Morgan fingerprint density at radius 1 is 1.00 bits per heavy atom. The number of methoxy groups -OCH3 is 3. The Kier molecular flexibility index (Phi) is 3.42. The van der Waals surface area contributed by atoms with Crippen LogP contribution in [0.4, 0.5) is 0 Å². The SMILES string of the molecule is COc1ccc2c(c1)CC1OCCc3cc(OC)c(OC)c-2c31. The lowest BCUT2D eigenvalue weighted by Gasteiger charge is -2.35. The lowest BCUT2D eigenvalue weighted by atomic mass is 9.79. The van der Waals surface area contributed by atoms with Gasteiger partial charge in [-0.3, -0.25) is 0 Å². The first-order valence-electron chi connectivity index (χ1n) is 7.83. The number of hydrogen-bond acceptors (Lipinski definition) is 4. The van der Waals surface area contributed by atoms with E-state index in [1.165, 1.54) is 22.3 Å². The zero-order chi connectivity index (χ0) is 16.0. The third-order valence-electron chi connectivity index (χ3n) is 4.79. The van der Waals surface area contributed by atoms with Crippen LogP contribution in [0.15, 0.2) is 24.3 Å². The minimum atomic E-state index is 0.0770. The van der Waals surface area contributed by atoms with Crippen molar-refractivity contribution >= 4 is 0 Å². The molecule has 0 fully saturated rings. The molecule has 1 unspecified atom stereocenters. The Morgan fingerprint density at radius 3 is 2.61 bits per heavy atom. The van der Waals surface area contributed by atoms with Crippen LogP contribution < -0.4 is 14.2 Å². The Hall–Kier alpha value is -2.20. The highest BCUT2D eigenvalue weighted by Gasteiger charge is 2.34. The molecule has 1 atom stereocenters. The summed E-state index contributed by atoms with van der Waals surface area (Å²) in [6, 6.07) is 8.29. The number of ether oxygens (including phenoxy) is 4. The average Bonchev–Trinajstić information content (AvgIpc) is 2.60. The van der Waals surface area contributed by atoms with Crippen LogP contribution in [0.1, 0.15) is 22.8 Å². The summed E-state index contributed by atoms with van der Waals surface area (Å²) in [5.74, 6) is 2.43. The van der Waals surface area contributed by atoms with Gasteiger partial charge in [0.25, 0.3) is 0 Å². The Bertz CT molecular complexity index is 766. The lowest BCUT2D eigenvalue weighted by molar-refractivity contribution is 0.0417. The molecule has 4 heteroatoms. The lowest BCUT2D eigenvalue weighted by Crippen LogP contribution is -2.23. The Labute approximate surface area is 135 Å². The number of hydrogen-bond donors (Lipinski definition) is 0. The van der Waals surface area contributed by atoms with Gasteiger partial charge in [-0.2, -0.15) is 0 Å². The maximum Gasteiger partial charge on any atom is 0.168 e. The summed E-state index contributed by atoms with van der Waals surface area (Å²) >= 11 is 0. The Balaban J connectivity index is 2.03. The Morgan fingerprint density at radius 2 is 1.87 bits per heavy atom. The first-order chi connectivity index (χ1) is 11.3. The van der Waals surface area contributed by atoms with Gasteiger partial charge in [0.2, 0.25) is 0 Å². The van der Waals surface area contributed by atoms with Crippen molar-refractivity contribution in [2.75, 3.05) is 27.9 Å². The zero-order valence-corrected chi connectivity index (χ0v) is 13.6. The van der Waals surface area contributed by atoms with Crippen molar-refractivity contribution < 1.29 is 18.9 Å². The normalized spacial score (nSPS) is 18.0. The highest BCUT2D eigenvalue weighted by molar-refractivity contribution is 5.83. The molecule has 120 valence electrons. The maximum absolute atomic E-state index is 6.05. The topological polar surface area (TPSA) is 36.9 Å². The van der Waals surface area contributed by atoms with E-state index in [9.17, 15) is 0 Å². The second-order valence-corrected chi connectivity index (χ2v) is 5.90. The predicted octanol–water partition coefficient (Wildman–Crippen LogP) is 3.55. The van der Waals surface area contributed by atoms with Gasteiger partial charge in [0.15, 0.2) is 11.5 Å².